The summed E-state index contributed by atoms with van der Waals surface area (Å²) in [7, 11) is 0. The molecule has 0 bridgehead atoms. The molecule has 2 aromatic carbocycles. The summed E-state index contributed by atoms with van der Waals surface area (Å²) in [4.78, 5) is 0. The van der Waals surface area contributed by atoms with E-state index in [0.717, 1.165) is 29.0 Å². The maximum absolute atomic E-state index is 9.62. The van der Waals surface area contributed by atoms with E-state index in [9.17, 15) is 5.11 Å². The fourth-order valence-electron chi connectivity index (χ4n) is 2.60. The van der Waals surface area contributed by atoms with Gasteiger partial charge >= 0.3 is 0 Å². The van der Waals surface area contributed by atoms with Gasteiger partial charge in [-0.15, -0.1) is 0 Å². The lowest BCUT2D eigenvalue weighted by Crippen LogP contribution is -2.24. The van der Waals surface area contributed by atoms with Crippen LogP contribution in [-0.4, -0.2) is 24.9 Å². The van der Waals surface area contributed by atoms with E-state index >= 15 is 0 Å². The summed E-state index contributed by atoms with van der Waals surface area (Å²) in [6.45, 7) is 2.03. The van der Waals surface area contributed by atoms with Gasteiger partial charge in [-0.05, 0) is 11.6 Å². The molecular weight excluding hydrogens is 278 g/mol. The third-order valence-corrected chi connectivity index (χ3v) is 3.78. The van der Waals surface area contributed by atoms with Crippen molar-refractivity contribution in [2.45, 2.75) is 19.0 Å². The Morgan fingerprint density at radius 1 is 1.00 bits per heavy atom. The van der Waals surface area contributed by atoms with Crippen molar-refractivity contribution in [1.29, 1.82) is 0 Å². The van der Waals surface area contributed by atoms with Crippen molar-refractivity contribution in [2.75, 3.05) is 19.8 Å². The Morgan fingerprint density at radius 3 is 2.64 bits per heavy atom. The van der Waals surface area contributed by atoms with Gasteiger partial charge in [0.1, 0.15) is 0 Å². The molecule has 0 spiro atoms. The summed E-state index contributed by atoms with van der Waals surface area (Å²) in [5.74, 6) is 1.62. The first-order chi connectivity index (χ1) is 10.9. The number of hydrogen-bond donors (Lipinski definition) is 2. The SMILES string of the molecule is OCC(NCc1cccc2c1OCCCO2)c1ccccc1. The number of hydrogen-bond acceptors (Lipinski definition) is 4. The summed E-state index contributed by atoms with van der Waals surface area (Å²) in [5.41, 5.74) is 2.12. The molecule has 2 N–H and O–H groups in total. The summed E-state index contributed by atoms with van der Waals surface area (Å²) < 4.78 is 11.5. The Balaban J connectivity index is 1.73. The fourth-order valence-corrected chi connectivity index (χ4v) is 2.60. The lowest BCUT2D eigenvalue weighted by atomic mass is 10.1. The molecule has 0 aromatic heterocycles. The largest absolute Gasteiger partial charge is 0.490 e. The first-order valence-electron chi connectivity index (χ1n) is 7.65. The van der Waals surface area contributed by atoms with Gasteiger partial charge < -0.3 is 19.9 Å². The Kier molecular flexibility index (Phi) is 4.93. The Bertz CT molecular complexity index is 601. The third kappa shape index (κ3) is 3.40. The molecule has 4 heteroatoms. The first kappa shape index (κ1) is 14.9. The van der Waals surface area contributed by atoms with Crippen molar-refractivity contribution >= 4 is 0 Å². The smallest absolute Gasteiger partial charge is 0.165 e. The molecule has 0 saturated heterocycles. The van der Waals surface area contributed by atoms with Crippen LogP contribution in [0, 0.1) is 0 Å². The van der Waals surface area contributed by atoms with E-state index in [1.807, 2.05) is 48.5 Å². The number of nitrogens with one attached hydrogen (secondary N) is 1. The van der Waals surface area contributed by atoms with E-state index in [1.54, 1.807) is 0 Å². The van der Waals surface area contributed by atoms with E-state index in [-0.39, 0.29) is 12.6 Å². The molecule has 0 saturated carbocycles. The summed E-state index contributed by atoms with van der Waals surface area (Å²) >= 11 is 0. The number of ether oxygens (including phenoxy) is 2. The Morgan fingerprint density at radius 2 is 1.82 bits per heavy atom. The molecule has 2 aromatic rings. The molecule has 0 radical (unpaired) electrons. The Labute approximate surface area is 130 Å². The molecule has 1 atom stereocenters. The van der Waals surface area contributed by atoms with Gasteiger partial charge in [-0.25, -0.2) is 0 Å². The number of para-hydroxylation sites is 1. The molecule has 3 rings (SSSR count). The lowest BCUT2D eigenvalue weighted by Gasteiger charge is -2.18. The number of fused-ring (bicyclic) bond motifs is 1. The molecule has 1 aliphatic rings. The average molecular weight is 299 g/mol. The lowest BCUT2D eigenvalue weighted by molar-refractivity contribution is 0.242. The van der Waals surface area contributed by atoms with Crippen LogP contribution in [0.1, 0.15) is 23.6 Å². The predicted octanol–water partition coefficient (Wildman–Crippen LogP) is 2.67. The van der Waals surface area contributed by atoms with Crippen LogP contribution < -0.4 is 14.8 Å². The monoisotopic (exact) mass is 299 g/mol. The van der Waals surface area contributed by atoms with Crippen molar-refractivity contribution < 1.29 is 14.6 Å². The number of aliphatic hydroxyl groups is 1. The fraction of sp³-hybridized carbons (Fsp3) is 0.333. The summed E-state index contributed by atoms with van der Waals surface area (Å²) in [5, 5.41) is 13.0. The predicted molar refractivity (Wildman–Crippen MR) is 85.2 cm³/mol. The van der Waals surface area contributed by atoms with E-state index < -0.39 is 0 Å². The van der Waals surface area contributed by atoms with Gasteiger partial charge in [0.05, 0.1) is 25.9 Å². The molecule has 0 amide bonds. The van der Waals surface area contributed by atoms with Crippen LogP contribution in [0.25, 0.3) is 0 Å². The number of rotatable bonds is 5. The van der Waals surface area contributed by atoms with Crippen LogP contribution in [-0.2, 0) is 6.54 Å². The zero-order valence-electron chi connectivity index (χ0n) is 12.5. The Hall–Kier alpha value is -2.04. The summed E-state index contributed by atoms with van der Waals surface area (Å²) in [6.07, 6.45) is 0.894. The van der Waals surface area contributed by atoms with Crippen LogP contribution in [0.2, 0.25) is 0 Å². The third-order valence-electron chi connectivity index (χ3n) is 3.78. The first-order valence-corrected chi connectivity index (χ1v) is 7.65. The van der Waals surface area contributed by atoms with Crippen LogP contribution in [0.4, 0.5) is 0 Å². The molecule has 116 valence electrons. The molecule has 0 aliphatic carbocycles. The molecule has 22 heavy (non-hydrogen) atoms. The van der Waals surface area contributed by atoms with E-state index in [2.05, 4.69) is 5.32 Å². The van der Waals surface area contributed by atoms with Gasteiger partial charge in [0.2, 0.25) is 0 Å². The molecule has 1 aliphatic heterocycles. The standard InChI is InChI=1S/C18H21NO3/c20-13-16(14-6-2-1-3-7-14)19-12-15-8-4-9-17-18(15)22-11-5-10-21-17/h1-4,6-9,16,19-20H,5,10-13H2. The molecule has 1 unspecified atom stereocenters. The van der Waals surface area contributed by atoms with Crippen molar-refractivity contribution in [3.63, 3.8) is 0 Å². The normalized spacial score (nSPS) is 15.1. The highest BCUT2D eigenvalue weighted by molar-refractivity contribution is 5.47. The molecular formula is C18H21NO3. The van der Waals surface area contributed by atoms with Gasteiger partial charge in [0, 0.05) is 18.5 Å². The second-order valence-electron chi connectivity index (χ2n) is 5.32. The van der Waals surface area contributed by atoms with Crippen molar-refractivity contribution in [1.82, 2.24) is 5.32 Å². The van der Waals surface area contributed by atoms with Crippen LogP contribution >= 0.6 is 0 Å². The van der Waals surface area contributed by atoms with Gasteiger partial charge in [0.15, 0.2) is 11.5 Å². The average Bonchev–Trinajstić information content (AvgIpc) is 2.82. The zero-order chi connectivity index (χ0) is 15.2. The van der Waals surface area contributed by atoms with Crippen LogP contribution in [0.15, 0.2) is 48.5 Å². The highest BCUT2D eigenvalue weighted by atomic mass is 16.5. The van der Waals surface area contributed by atoms with Gasteiger partial charge in [-0.2, -0.15) is 0 Å². The highest BCUT2D eigenvalue weighted by Gasteiger charge is 2.16. The zero-order valence-corrected chi connectivity index (χ0v) is 12.5. The van der Waals surface area contributed by atoms with Crippen molar-refractivity contribution in [3.8, 4) is 11.5 Å². The van der Waals surface area contributed by atoms with Crippen molar-refractivity contribution in [3.05, 3.63) is 59.7 Å². The topological polar surface area (TPSA) is 50.7 Å². The molecule has 1 heterocycles. The second kappa shape index (κ2) is 7.29. The van der Waals surface area contributed by atoms with E-state index in [1.165, 1.54) is 0 Å². The van der Waals surface area contributed by atoms with Gasteiger partial charge in [0.25, 0.3) is 0 Å². The van der Waals surface area contributed by atoms with Crippen LogP contribution in [0.3, 0.4) is 0 Å². The van der Waals surface area contributed by atoms with Crippen LogP contribution in [0.5, 0.6) is 11.5 Å². The minimum atomic E-state index is -0.0937. The number of benzene rings is 2. The van der Waals surface area contributed by atoms with E-state index in [4.69, 9.17) is 9.47 Å². The maximum atomic E-state index is 9.62. The number of aliphatic hydroxyl groups excluding tert-OH is 1. The van der Waals surface area contributed by atoms with Crippen molar-refractivity contribution in [2.24, 2.45) is 0 Å². The quantitative estimate of drug-likeness (QED) is 0.891. The van der Waals surface area contributed by atoms with Gasteiger partial charge in [-0.1, -0.05) is 42.5 Å². The second-order valence-corrected chi connectivity index (χ2v) is 5.32. The highest BCUT2D eigenvalue weighted by Crippen LogP contribution is 2.33. The minimum absolute atomic E-state index is 0.0520. The van der Waals surface area contributed by atoms with E-state index in [0.29, 0.717) is 19.8 Å². The van der Waals surface area contributed by atoms with Gasteiger partial charge in [-0.3, -0.25) is 0 Å². The summed E-state index contributed by atoms with van der Waals surface area (Å²) in [6, 6.07) is 15.8. The molecule has 0 fully saturated rings. The minimum Gasteiger partial charge on any atom is -0.490 e. The molecule has 4 nitrogen and oxygen atoms in total. The maximum Gasteiger partial charge on any atom is 0.165 e.